The quantitative estimate of drug-likeness (QED) is 0.143. The summed E-state index contributed by atoms with van der Waals surface area (Å²) in [5, 5.41) is 6.14. The van der Waals surface area contributed by atoms with Gasteiger partial charge in [-0.3, -0.25) is 4.98 Å². The van der Waals surface area contributed by atoms with Crippen LogP contribution in [0, 0.1) is 5.92 Å². The van der Waals surface area contributed by atoms with Crippen LogP contribution in [0.25, 0.3) is 32.8 Å². The van der Waals surface area contributed by atoms with E-state index in [0.29, 0.717) is 0 Å². The number of para-hydroxylation sites is 2. The highest BCUT2D eigenvalue weighted by Gasteiger charge is 2.51. The molecule has 3 unspecified atom stereocenters. The van der Waals surface area contributed by atoms with E-state index in [-0.39, 0.29) is 30.8 Å². The molecule has 1 aliphatic carbocycles. The first-order valence-corrected chi connectivity index (χ1v) is 23.1. The maximum Gasteiger partial charge on any atom is 0.244 e. The van der Waals surface area contributed by atoms with Crippen LogP contribution in [-0.2, 0) is 9.98 Å². The van der Waals surface area contributed by atoms with Gasteiger partial charge in [0.1, 0.15) is 11.2 Å². The van der Waals surface area contributed by atoms with E-state index in [4.69, 9.17) is 9.40 Å². The van der Waals surface area contributed by atoms with E-state index in [2.05, 4.69) is 189 Å². The number of rotatable bonds is 3. The third kappa shape index (κ3) is 4.69. The van der Waals surface area contributed by atoms with Gasteiger partial charge in [0.15, 0.2) is 7.14 Å². The van der Waals surface area contributed by atoms with Gasteiger partial charge in [-0.1, -0.05) is 198 Å². The van der Waals surface area contributed by atoms with E-state index >= 15 is 4.57 Å². The predicted molar refractivity (Wildman–Crippen MR) is 258 cm³/mol. The summed E-state index contributed by atoms with van der Waals surface area (Å²) in [7, 11) is -3.32. The van der Waals surface area contributed by atoms with Crippen molar-refractivity contribution >= 4 is 113 Å². The highest BCUT2D eigenvalue weighted by molar-refractivity contribution is 7.88. The third-order valence-corrected chi connectivity index (χ3v) is 17.7. The number of aromatic nitrogens is 1. The highest BCUT2D eigenvalue weighted by Crippen LogP contribution is 2.51. The number of hydrogen-bond donors (Lipinski definition) is 0. The number of pyridine rings is 1. The van der Waals surface area contributed by atoms with E-state index < -0.39 is 7.14 Å². The predicted octanol–water partition coefficient (Wildman–Crippen LogP) is 6.97. The summed E-state index contributed by atoms with van der Waals surface area (Å²) >= 11 is 0. The fourth-order valence-electron chi connectivity index (χ4n) is 11.8. The van der Waals surface area contributed by atoms with Crippen molar-refractivity contribution in [2.45, 2.75) is 25.3 Å². The van der Waals surface area contributed by atoms with Gasteiger partial charge in [0.25, 0.3) is 0 Å². The Hall–Kier alpha value is -6.61. The van der Waals surface area contributed by atoms with Crippen molar-refractivity contribution in [3.63, 3.8) is 0 Å². The van der Waals surface area contributed by atoms with Crippen LogP contribution in [0.2, 0.25) is 0 Å². The zero-order valence-corrected chi connectivity index (χ0v) is 34.8. The lowest BCUT2D eigenvalue weighted by molar-refractivity contribution is 0.332. The van der Waals surface area contributed by atoms with Crippen molar-refractivity contribution in [2.24, 2.45) is 5.92 Å². The average molecular weight is 801 g/mol. The van der Waals surface area contributed by atoms with Gasteiger partial charge >= 0.3 is 0 Å². The van der Waals surface area contributed by atoms with Crippen LogP contribution < -0.4 is 53.6 Å². The number of benzene rings is 7. The van der Waals surface area contributed by atoms with E-state index in [1.54, 1.807) is 0 Å². The zero-order valence-electron chi connectivity index (χ0n) is 33.9. The molecule has 0 fully saturated rings. The molecule has 7 heteroatoms. The largest absolute Gasteiger partial charge is 0.456 e. The first-order valence-electron chi connectivity index (χ1n) is 21.4. The summed E-state index contributed by atoms with van der Waals surface area (Å²) in [6.07, 6.45) is 11.1. The number of anilines is 2. The average Bonchev–Trinajstić information content (AvgIpc) is 3.68. The summed E-state index contributed by atoms with van der Waals surface area (Å²) in [5.41, 5.74) is 13.1. The topological polar surface area (TPSA) is 46.3 Å². The molecule has 9 aromatic rings. The molecule has 0 amide bonds. The highest BCUT2D eigenvalue weighted by atomic mass is 31.2. The lowest BCUT2D eigenvalue weighted by Gasteiger charge is -2.50. The molecule has 3 aliphatic heterocycles. The van der Waals surface area contributed by atoms with Gasteiger partial charge < -0.3 is 13.9 Å². The minimum atomic E-state index is -3.32. The smallest absolute Gasteiger partial charge is 0.244 e. The van der Waals surface area contributed by atoms with Gasteiger partial charge in [-0.2, -0.15) is 0 Å². The van der Waals surface area contributed by atoms with Gasteiger partial charge in [-0.15, -0.1) is 0 Å². The second-order valence-corrected chi connectivity index (χ2v) is 20.3. The van der Waals surface area contributed by atoms with Crippen molar-refractivity contribution in [1.82, 2.24) is 4.98 Å². The molecule has 288 valence electrons. The molecule has 0 bridgehead atoms. The van der Waals surface area contributed by atoms with Crippen molar-refractivity contribution in [3.8, 4) is 0 Å². The summed E-state index contributed by atoms with van der Waals surface area (Å²) in [6, 6.07) is 56.5. The SMILES string of the molecule is CC1(C)c2ccccc2N(c2ccc(B3c4ccccc4P4(=O)c5ccccc5B(c5ccc6oc7ccccc7c6c5)c5cccc3c54)c3cccnc23)C2C=CC=CC21. The normalized spacial score (nSPS) is 20.3. The van der Waals surface area contributed by atoms with Crippen LogP contribution in [-0.4, -0.2) is 24.5 Å². The Balaban J connectivity index is 1.05. The fourth-order valence-corrected chi connectivity index (χ4v) is 15.4. The Labute approximate surface area is 355 Å². The van der Waals surface area contributed by atoms with Gasteiger partial charge in [-0.25, -0.2) is 0 Å². The Kier molecular flexibility index (Phi) is 7.33. The Morgan fingerprint density at radius 1 is 0.590 bits per heavy atom. The molecule has 7 aromatic carbocycles. The fraction of sp³-hybridized carbons (Fsp3) is 0.0926. The summed E-state index contributed by atoms with van der Waals surface area (Å²) < 4.78 is 22.9. The van der Waals surface area contributed by atoms with Crippen molar-refractivity contribution in [1.29, 1.82) is 0 Å². The van der Waals surface area contributed by atoms with Gasteiger partial charge in [0, 0.05) is 49.9 Å². The first-order chi connectivity index (χ1) is 29.9. The molecule has 3 atom stereocenters. The van der Waals surface area contributed by atoms with Crippen LogP contribution in [0.5, 0.6) is 0 Å². The van der Waals surface area contributed by atoms with E-state index in [9.17, 15) is 0 Å². The summed E-state index contributed by atoms with van der Waals surface area (Å²) in [6.45, 7) is 4.47. The molecule has 5 heterocycles. The van der Waals surface area contributed by atoms with Crippen LogP contribution in [0.4, 0.5) is 11.4 Å². The van der Waals surface area contributed by atoms with Crippen LogP contribution in [0.1, 0.15) is 19.4 Å². The monoisotopic (exact) mass is 800 g/mol. The molecule has 13 rings (SSSR count). The Bertz CT molecular complexity index is 3460. The number of nitrogens with zero attached hydrogens (tertiary/aromatic N) is 2. The standard InChI is InChI=1S/C54H39B2N2O2P/c1-54(2)38-17-4-8-23-45(38)58(46-24-9-5-18-39(46)54)47-30-29-40(36-16-14-32-57-52(36)47)56-42-20-7-12-27-51(42)61(59)50-26-11-6-19-41(50)55(43-21-13-22-44(56)53(43)61)34-28-31-49-37(33-34)35-15-3-10-25-48(35)60-49/h3-33,38,45H,1-2H3. The van der Waals surface area contributed by atoms with Gasteiger partial charge in [0.05, 0.1) is 17.2 Å². The maximum absolute atomic E-state index is 16.6. The summed E-state index contributed by atoms with van der Waals surface area (Å²) in [4.78, 5) is 7.75. The molecule has 0 spiro atoms. The number of hydrogen-bond acceptors (Lipinski definition) is 4. The molecule has 2 aromatic heterocycles. The molecule has 0 radical (unpaired) electrons. The van der Waals surface area contributed by atoms with E-state index in [1.807, 2.05) is 18.3 Å². The third-order valence-electron chi connectivity index (χ3n) is 14.4. The molecule has 0 N–H and O–H groups in total. The van der Waals surface area contributed by atoms with Crippen LogP contribution in [0.3, 0.4) is 0 Å². The van der Waals surface area contributed by atoms with Crippen molar-refractivity contribution in [3.05, 3.63) is 194 Å². The molecule has 0 saturated heterocycles. The molecule has 4 aliphatic rings. The first kappa shape index (κ1) is 35.2. The van der Waals surface area contributed by atoms with Crippen molar-refractivity contribution < 1.29 is 8.98 Å². The maximum atomic E-state index is 16.6. The second kappa shape index (κ2) is 12.7. The Morgan fingerprint density at radius 2 is 1.26 bits per heavy atom. The Morgan fingerprint density at radius 3 is 2.11 bits per heavy atom. The zero-order chi connectivity index (χ0) is 40.6. The second-order valence-electron chi connectivity index (χ2n) is 17.7. The molecular weight excluding hydrogens is 761 g/mol. The van der Waals surface area contributed by atoms with Gasteiger partial charge in [-0.05, 0) is 41.3 Å². The van der Waals surface area contributed by atoms with Gasteiger partial charge in [0.2, 0.25) is 13.4 Å². The lowest BCUT2D eigenvalue weighted by Crippen LogP contribution is -2.74. The number of furan rings is 1. The summed E-state index contributed by atoms with van der Waals surface area (Å²) in [5.74, 6) is 0.282. The minimum Gasteiger partial charge on any atom is -0.456 e. The van der Waals surface area contributed by atoms with Crippen LogP contribution in [0.15, 0.2) is 193 Å². The molecule has 4 nitrogen and oxygen atoms in total. The van der Waals surface area contributed by atoms with Crippen molar-refractivity contribution in [2.75, 3.05) is 4.90 Å². The lowest BCUT2D eigenvalue weighted by atomic mass is 9.33. The van der Waals surface area contributed by atoms with Crippen LogP contribution >= 0.6 is 7.14 Å². The molecule has 0 saturated carbocycles. The number of fused-ring (bicyclic) bond motifs is 10. The van der Waals surface area contributed by atoms with E-state index in [1.165, 1.54) is 16.7 Å². The van der Waals surface area contributed by atoms with E-state index in [0.717, 1.165) is 81.8 Å². The minimum absolute atomic E-state index is 0.0527. The molecular formula is C54H39B2N2O2P. The molecule has 61 heavy (non-hydrogen) atoms. The number of allylic oxidation sites excluding steroid dienone is 2.